The highest BCUT2D eigenvalue weighted by atomic mass is 32.1. The van der Waals surface area contributed by atoms with Crippen LogP contribution < -0.4 is 5.32 Å². The Morgan fingerprint density at radius 3 is 2.90 bits per heavy atom. The number of hydrogen-bond donors (Lipinski definition) is 2. The van der Waals surface area contributed by atoms with E-state index >= 15 is 0 Å². The van der Waals surface area contributed by atoms with Gasteiger partial charge in [0.25, 0.3) is 0 Å². The molecule has 2 aromatic heterocycles. The van der Waals surface area contributed by atoms with Crippen LogP contribution in [0, 0.1) is 6.92 Å². The number of aryl methyl sites for hydroxylation is 1. The first-order valence-corrected chi connectivity index (χ1v) is 7.99. The summed E-state index contributed by atoms with van der Waals surface area (Å²) in [5, 5.41) is 14.6. The molecule has 0 unspecified atom stereocenters. The lowest BCUT2D eigenvalue weighted by molar-refractivity contribution is -0.0616. The minimum Gasteiger partial charge on any atom is -0.459 e. The molecular weight excluding hydrogens is 288 g/mol. The van der Waals surface area contributed by atoms with Crippen molar-refractivity contribution in [2.45, 2.75) is 31.9 Å². The minimum atomic E-state index is -0.635. The van der Waals surface area contributed by atoms with Crippen molar-refractivity contribution in [1.82, 2.24) is 10.3 Å². The molecule has 0 aromatic carbocycles. The first-order valence-electron chi connectivity index (χ1n) is 7.17. The third kappa shape index (κ3) is 3.71. The van der Waals surface area contributed by atoms with Crippen molar-refractivity contribution in [3.8, 4) is 10.8 Å². The van der Waals surface area contributed by atoms with E-state index in [-0.39, 0.29) is 0 Å². The standard InChI is InChI=1S/C15H20N2O3S/c1-11-2-3-13(20-11)14-17-9-12(21-14)8-16-10-15(18)4-6-19-7-5-15/h2-3,9,16,18H,4-8,10H2,1H3. The normalized spacial score (nSPS) is 18.0. The fraction of sp³-hybridized carbons (Fsp3) is 0.533. The van der Waals surface area contributed by atoms with E-state index in [1.807, 2.05) is 25.3 Å². The van der Waals surface area contributed by atoms with Gasteiger partial charge in [0.1, 0.15) is 5.76 Å². The Labute approximate surface area is 128 Å². The van der Waals surface area contributed by atoms with Crippen molar-refractivity contribution in [3.63, 3.8) is 0 Å². The van der Waals surface area contributed by atoms with Gasteiger partial charge < -0.3 is 19.6 Å². The van der Waals surface area contributed by atoms with Gasteiger partial charge in [-0.3, -0.25) is 0 Å². The van der Waals surface area contributed by atoms with Crippen molar-refractivity contribution in [2.24, 2.45) is 0 Å². The number of nitrogens with zero attached hydrogens (tertiary/aromatic N) is 1. The van der Waals surface area contributed by atoms with Gasteiger partial charge in [-0.15, -0.1) is 11.3 Å². The minimum absolute atomic E-state index is 0.587. The quantitative estimate of drug-likeness (QED) is 0.887. The van der Waals surface area contributed by atoms with Gasteiger partial charge >= 0.3 is 0 Å². The van der Waals surface area contributed by atoms with Gasteiger partial charge in [0, 0.05) is 50.2 Å². The number of aliphatic hydroxyl groups is 1. The average molecular weight is 308 g/mol. The molecule has 0 radical (unpaired) electrons. The van der Waals surface area contributed by atoms with Crippen LogP contribution in [0.3, 0.4) is 0 Å². The van der Waals surface area contributed by atoms with Crippen LogP contribution in [-0.4, -0.2) is 35.5 Å². The van der Waals surface area contributed by atoms with Gasteiger partial charge in [0.15, 0.2) is 10.8 Å². The summed E-state index contributed by atoms with van der Waals surface area (Å²) in [6, 6.07) is 3.88. The summed E-state index contributed by atoms with van der Waals surface area (Å²) in [7, 11) is 0. The van der Waals surface area contributed by atoms with Crippen molar-refractivity contribution in [3.05, 3.63) is 29.0 Å². The Kier molecular flexibility index (Phi) is 4.40. The molecule has 0 atom stereocenters. The van der Waals surface area contributed by atoms with Crippen LogP contribution in [-0.2, 0) is 11.3 Å². The Morgan fingerprint density at radius 2 is 2.19 bits per heavy atom. The number of nitrogens with one attached hydrogen (secondary N) is 1. The highest BCUT2D eigenvalue weighted by Crippen LogP contribution is 2.27. The summed E-state index contributed by atoms with van der Waals surface area (Å²) in [4.78, 5) is 5.52. The summed E-state index contributed by atoms with van der Waals surface area (Å²) >= 11 is 1.61. The smallest absolute Gasteiger partial charge is 0.162 e. The SMILES string of the molecule is Cc1ccc(-c2ncc(CNCC3(O)CCOCC3)s2)o1. The molecule has 21 heavy (non-hydrogen) atoms. The molecule has 0 spiro atoms. The van der Waals surface area contributed by atoms with Crippen LogP contribution in [0.5, 0.6) is 0 Å². The fourth-order valence-electron chi connectivity index (χ4n) is 2.40. The topological polar surface area (TPSA) is 67.5 Å². The first kappa shape index (κ1) is 14.7. The molecular formula is C15H20N2O3S. The number of ether oxygens (including phenoxy) is 1. The van der Waals surface area contributed by atoms with Crippen molar-refractivity contribution in [2.75, 3.05) is 19.8 Å². The molecule has 1 fully saturated rings. The van der Waals surface area contributed by atoms with Gasteiger partial charge in [-0.1, -0.05) is 0 Å². The number of rotatable bonds is 5. The van der Waals surface area contributed by atoms with Crippen molar-refractivity contribution in [1.29, 1.82) is 0 Å². The molecule has 1 saturated heterocycles. The number of aromatic nitrogens is 1. The summed E-state index contributed by atoms with van der Waals surface area (Å²) < 4.78 is 10.8. The van der Waals surface area contributed by atoms with Crippen LogP contribution in [0.4, 0.5) is 0 Å². The molecule has 1 aliphatic heterocycles. The molecule has 5 nitrogen and oxygen atoms in total. The first-order chi connectivity index (χ1) is 10.1. The van der Waals surface area contributed by atoms with Crippen LogP contribution in [0.25, 0.3) is 10.8 Å². The summed E-state index contributed by atoms with van der Waals surface area (Å²) in [5.41, 5.74) is -0.635. The molecule has 0 bridgehead atoms. The zero-order chi connectivity index (χ0) is 14.7. The van der Waals surface area contributed by atoms with Crippen molar-refractivity contribution >= 4 is 11.3 Å². The van der Waals surface area contributed by atoms with Gasteiger partial charge in [0.05, 0.1) is 5.60 Å². The molecule has 2 N–H and O–H groups in total. The number of furan rings is 1. The molecule has 3 rings (SSSR count). The highest BCUT2D eigenvalue weighted by molar-refractivity contribution is 7.14. The van der Waals surface area contributed by atoms with Gasteiger partial charge in [-0.05, 0) is 19.1 Å². The van der Waals surface area contributed by atoms with Gasteiger partial charge in [-0.2, -0.15) is 0 Å². The van der Waals surface area contributed by atoms with Crippen LogP contribution in [0.15, 0.2) is 22.7 Å². The third-order valence-electron chi connectivity index (χ3n) is 3.68. The second kappa shape index (κ2) is 6.27. The molecule has 6 heteroatoms. The monoisotopic (exact) mass is 308 g/mol. The van der Waals surface area contributed by atoms with E-state index in [0.717, 1.165) is 21.4 Å². The van der Waals surface area contributed by atoms with Crippen LogP contribution in [0.1, 0.15) is 23.5 Å². The van der Waals surface area contributed by atoms with E-state index in [2.05, 4.69) is 10.3 Å². The molecule has 114 valence electrons. The third-order valence-corrected chi connectivity index (χ3v) is 4.69. The van der Waals surface area contributed by atoms with E-state index in [1.54, 1.807) is 11.3 Å². The maximum Gasteiger partial charge on any atom is 0.162 e. The predicted octanol–water partition coefficient (Wildman–Crippen LogP) is 2.34. The lowest BCUT2D eigenvalue weighted by Crippen LogP contribution is -2.44. The van der Waals surface area contributed by atoms with Crippen LogP contribution >= 0.6 is 11.3 Å². The Balaban J connectivity index is 1.53. The highest BCUT2D eigenvalue weighted by Gasteiger charge is 2.29. The van der Waals surface area contributed by atoms with E-state index in [0.29, 0.717) is 39.1 Å². The Hall–Kier alpha value is -1.21. The van der Waals surface area contributed by atoms with E-state index in [9.17, 15) is 5.11 Å². The Bertz CT molecular complexity index is 587. The number of thiazole rings is 1. The molecule has 2 aromatic rings. The lowest BCUT2D eigenvalue weighted by Gasteiger charge is -2.32. The predicted molar refractivity (Wildman–Crippen MR) is 81.3 cm³/mol. The Morgan fingerprint density at radius 1 is 1.38 bits per heavy atom. The summed E-state index contributed by atoms with van der Waals surface area (Å²) in [6.45, 7) is 4.50. The molecule has 1 aliphatic rings. The fourth-order valence-corrected chi connectivity index (χ4v) is 3.24. The molecule has 0 amide bonds. The molecule has 0 saturated carbocycles. The lowest BCUT2D eigenvalue weighted by atomic mass is 9.94. The average Bonchev–Trinajstić information content (AvgIpc) is 3.08. The van der Waals surface area contributed by atoms with Gasteiger partial charge in [0.2, 0.25) is 0 Å². The second-order valence-electron chi connectivity index (χ2n) is 5.48. The summed E-state index contributed by atoms with van der Waals surface area (Å²) in [5.74, 6) is 1.70. The molecule has 3 heterocycles. The van der Waals surface area contributed by atoms with Crippen LogP contribution in [0.2, 0.25) is 0 Å². The van der Waals surface area contributed by atoms with Gasteiger partial charge in [-0.25, -0.2) is 4.98 Å². The maximum atomic E-state index is 10.4. The number of hydrogen-bond acceptors (Lipinski definition) is 6. The van der Waals surface area contributed by atoms with Crippen molar-refractivity contribution < 1.29 is 14.3 Å². The van der Waals surface area contributed by atoms with E-state index in [1.165, 1.54) is 0 Å². The second-order valence-corrected chi connectivity index (χ2v) is 6.60. The zero-order valence-electron chi connectivity index (χ0n) is 12.1. The maximum absolute atomic E-state index is 10.4. The van der Waals surface area contributed by atoms with E-state index < -0.39 is 5.60 Å². The van der Waals surface area contributed by atoms with E-state index in [4.69, 9.17) is 9.15 Å². The zero-order valence-corrected chi connectivity index (χ0v) is 12.9. The largest absolute Gasteiger partial charge is 0.459 e. The summed E-state index contributed by atoms with van der Waals surface area (Å²) in [6.07, 6.45) is 3.25. The molecule has 0 aliphatic carbocycles.